The maximum Gasteiger partial charge on any atom is 0.416 e. The van der Waals surface area contributed by atoms with Gasteiger partial charge in [0.25, 0.3) is 5.91 Å². The van der Waals surface area contributed by atoms with Gasteiger partial charge in [-0.15, -0.1) is 0 Å². The number of methoxy groups -OCH3 is 1. The number of alkyl halides is 3. The summed E-state index contributed by atoms with van der Waals surface area (Å²) in [4.78, 5) is 25.9. The topological polar surface area (TPSA) is 131 Å². The van der Waals surface area contributed by atoms with E-state index in [1.54, 1.807) is 37.6 Å². The normalized spacial score (nSPS) is 22.5. The van der Waals surface area contributed by atoms with Crippen molar-refractivity contribution in [2.45, 2.75) is 43.4 Å². The molecule has 13 heteroatoms. The number of aromatic nitrogens is 4. The zero-order valence-electron chi connectivity index (χ0n) is 22.2. The predicted octanol–water partition coefficient (Wildman–Crippen LogP) is 4.02. The number of hydrazine groups is 1. The minimum atomic E-state index is -4.54. The highest BCUT2D eigenvalue weighted by atomic mass is 19.4. The Labute approximate surface area is 233 Å². The lowest BCUT2D eigenvalue weighted by Crippen LogP contribution is -2.35. The highest BCUT2D eigenvalue weighted by molar-refractivity contribution is 6.04. The molecule has 0 bridgehead atoms. The number of anilines is 2. The van der Waals surface area contributed by atoms with Crippen LogP contribution in [0.1, 0.15) is 46.9 Å². The maximum absolute atomic E-state index is 13.0. The summed E-state index contributed by atoms with van der Waals surface area (Å²) in [6.07, 6.45) is 2.88. The van der Waals surface area contributed by atoms with Crippen LogP contribution in [-0.4, -0.2) is 51.1 Å². The molecule has 4 aromatic rings. The summed E-state index contributed by atoms with van der Waals surface area (Å²) in [5.41, 5.74) is 14.5. The van der Waals surface area contributed by atoms with Crippen LogP contribution in [0.5, 0.6) is 0 Å². The van der Waals surface area contributed by atoms with Gasteiger partial charge in [-0.2, -0.15) is 13.2 Å². The van der Waals surface area contributed by atoms with Crippen molar-refractivity contribution in [3.8, 4) is 11.3 Å². The number of nitrogens with one attached hydrogen (secondary N) is 3. The van der Waals surface area contributed by atoms with E-state index in [0.717, 1.165) is 49.0 Å². The molecule has 1 aromatic carbocycles. The SMILES string of the molecule is COCC1NNC2CCC(c3nc(-c4ccc(C(=O)Nc5cc(C(F)(F)F)ccn5)cc4)c4c(N)nccn34)CC21. The van der Waals surface area contributed by atoms with Crippen LogP contribution in [0.3, 0.4) is 0 Å². The van der Waals surface area contributed by atoms with E-state index in [4.69, 9.17) is 15.5 Å². The van der Waals surface area contributed by atoms with E-state index in [-0.39, 0.29) is 23.3 Å². The van der Waals surface area contributed by atoms with Crippen molar-refractivity contribution in [3.05, 3.63) is 71.9 Å². The van der Waals surface area contributed by atoms with Crippen LogP contribution < -0.4 is 21.9 Å². The molecule has 2 fully saturated rings. The summed E-state index contributed by atoms with van der Waals surface area (Å²) in [6.45, 7) is 0.620. The molecule has 1 saturated heterocycles. The third-order valence-electron chi connectivity index (χ3n) is 7.94. The maximum atomic E-state index is 13.0. The fourth-order valence-corrected chi connectivity index (χ4v) is 5.95. The second-order valence-electron chi connectivity index (χ2n) is 10.4. The quantitative estimate of drug-likeness (QED) is 0.275. The van der Waals surface area contributed by atoms with Gasteiger partial charge in [-0.05, 0) is 49.4 Å². The monoisotopic (exact) mass is 566 g/mol. The summed E-state index contributed by atoms with van der Waals surface area (Å²) >= 11 is 0. The number of rotatable bonds is 6. The lowest BCUT2D eigenvalue weighted by molar-refractivity contribution is -0.137. The summed E-state index contributed by atoms with van der Waals surface area (Å²) in [7, 11) is 1.70. The first-order valence-corrected chi connectivity index (χ1v) is 13.3. The van der Waals surface area contributed by atoms with Crippen LogP contribution in [-0.2, 0) is 10.9 Å². The van der Waals surface area contributed by atoms with E-state index in [9.17, 15) is 18.0 Å². The Kier molecular flexibility index (Phi) is 7.09. The number of fused-ring (bicyclic) bond motifs is 2. The van der Waals surface area contributed by atoms with Crippen molar-refractivity contribution in [1.29, 1.82) is 0 Å². The number of amides is 1. The van der Waals surface area contributed by atoms with E-state index in [1.807, 2.05) is 10.6 Å². The van der Waals surface area contributed by atoms with Crippen LogP contribution in [0, 0.1) is 5.92 Å². The van der Waals surface area contributed by atoms with Gasteiger partial charge in [0.05, 0.1) is 12.2 Å². The number of pyridine rings is 1. The lowest BCUT2D eigenvalue weighted by Gasteiger charge is -2.32. The Morgan fingerprint density at radius 3 is 2.71 bits per heavy atom. The van der Waals surface area contributed by atoms with Gasteiger partial charge in [0.15, 0.2) is 0 Å². The van der Waals surface area contributed by atoms with Gasteiger partial charge >= 0.3 is 6.18 Å². The molecule has 4 atom stereocenters. The van der Waals surface area contributed by atoms with Crippen LogP contribution in [0.25, 0.3) is 16.8 Å². The number of hydrogen-bond acceptors (Lipinski definition) is 8. The molecule has 3 aromatic heterocycles. The second kappa shape index (κ2) is 10.7. The van der Waals surface area contributed by atoms with E-state index >= 15 is 0 Å². The molecule has 1 saturated carbocycles. The average molecular weight is 567 g/mol. The molecule has 1 aliphatic heterocycles. The highest BCUT2D eigenvalue weighted by Gasteiger charge is 2.42. The minimum Gasteiger partial charge on any atom is -0.383 e. The number of halogens is 3. The van der Waals surface area contributed by atoms with Crippen molar-refractivity contribution in [1.82, 2.24) is 30.2 Å². The van der Waals surface area contributed by atoms with Crippen molar-refractivity contribution in [2.24, 2.45) is 5.92 Å². The van der Waals surface area contributed by atoms with Crippen LogP contribution in [0.2, 0.25) is 0 Å². The van der Waals surface area contributed by atoms with Gasteiger partial charge in [-0.1, -0.05) is 12.1 Å². The smallest absolute Gasteiger partial charge is 0.383 e. The van der Waals surface area contributed by atoms with Gasteiger partial charge < -0.3 is 15.8 Å². The molecule has 214 valence electrons. The number of carbonyl (C=O) groups is 1. The van der Waals surface area contributed by atoms with Crippen molar-refractivity contribution < 1.29 is 22.7 Å². The number of nitrogen functional groups attached to an aromatic ring is 1. The van der Waals surface area contributed by atoms with E-state index in [1.165, 1.54) is 0 Å². The number of hydrogen-bond donors (Lipinski definition) is 4. The fraction of sp³-hybridized carbons (Fsp3) is 0.357. The zero-order chi connectivity index (χ0) is 28.7. The van der Waals surface area contributed by atoms with Crippen LogP contribution >= 0.6 is 0 Å². The molecule has 1 amide bonds. The summed E-state index contributed by atoms with van der Waals surface area (Å²) < 4.78 is 46.5. The molecule has 2 aliphatic rings. The molecule has 10 nitrogen and oxygen atoms in total. The Bertz CT molecular complexity index is 1570. The first kappa shape index (κ1) is 27.1. The number of imidazole rings is 1. The number of carbonyl (C=O) groups excluding carboxylic acids is 1. The molecule has 0 spiro atoms. The van der Waals surface area contributed by atoms with Crippen molar-refractivity contribution in [2.75, 3.05) is 24.8 Å². The van der Waals surface area contributed by atoms with Crippen molar-refractivity contribution in [3.63, 3.8) is 0 Å². The predicted molar refractivity (Wildman–Crippen MR) is 146 cm³/mol. The molecule has 6 rings (SSSR count). The molecular weight excluding hydrogens is 537 g/mol. The zero-order valence-corrected chi connectivity index (χ0v) is 22.2. The Hall–Kier alpha value is -4.07. The van der Waals surface area contributed by atoms with Gasteiger partial charge in [0, 0.05) is 54.8 Å². The minimum absolute atomic E-state index is 0.187. The van der Waals surface area contributed by atoms with Gasteiger partial charge in [-0.25, -0.2) is 15.0 Å². The fourth-order valence-electron chi connectivity index (χ4n) is 5.95. The van der Waals surface area contributed by atoms with E-state index < -0.39 is 17.6 Å². The van der Waals surface area contributed by atoms with Crippen LogP contribution in [0.15, 0.2) is 55.0 Å². The van der Waals surface area contributed by atoms with E-state index in [0.29, 0.717) is 35.6 Å². The molecule has 41 heavy (non-hydrogen) atoms. The number of ether oxygens (including phenoxy) is 1. The highest BCUT2D eigenvalue weighted by Crippen LogP contribution is 2.41. The van der Waals surface area contributed by atoms with Crippen molar-refractivity contribution >= 4 is 23.1 Å². The third-order valence-corrected chi connectivity index (χ3v) is 7.94. The number of benzene rings is 1. The van der Waals surface area contributed by atoms with Gasteiger partial charge in [0.2, 0.25) is 0 Å². The summed E-state index contributed by atoms with van der Waals surface area (Å²) in [6, 6.07) is 8.90. The third kappa shape index (κ3) is 5.23. The Balaban J connectivity index is 1.27. The molecule has 4 unspecified atom stereocenters. The Morgan fingerprint density at radius 2 is 1.95 bits per heavy atom. The molecule has 4 heterocycles. The number of nitrogens with two attached hydrogens (primary N) is 1. The first-order valence-electron chi connectivity index (χ1n) is 13.3. The Morgan fingerprint density at radius 1 is 1.15 bits per heavy atom. The molecule has 5 N–H and O–H groups in total. The second-order valence-corrected chi connectivity index (χ2v) is 10.4. The molecule has 0 radical (unpaired) electrons. The summed E-state index contributed by atoms with van der Waals surface area (Å²) in [5, 5.41) is 2.43. The largest absolute Gasteiger partial charge is 0.416 e. The standard InChI is InChI=1S/C28H29F3N8O2/c1-41-14-21-19-12-17(6-7-20(19)37-38-21)26-36-23(24-25(32)34-10-11-39(24)26)15-2-4-16(5-3-15)27(40)35-22-13-18(8-9-33-22)28(29,30)31/h2-5,8-11,13,17,19-21,37-38H,6-7,12,14H2,1H3,(H2,32,34)(H,33,35,40). The van der Waals surface area contributed by atoms with E-state index in [2.05, 4.69) is 26.1 Å². The average Bonchev–Trinajstić information content (AvgIpc) is 3.55. The molecule has 1 aliphatic carbocycles. The lowest BCUT2D eigenvalue weighted by atomic mass is 9.76. The number of nitrogens with zero attached hydrogens (tertiary/aromatic N) is 4. The first-order chi connectivity index (χ1) is 19.7. The molecular formula is C28H29F3N8O2. The van der Waals surface area contributed by atoms with Crippen LogP contribution in [0.4, 0.5) is 24.8 Å². The van der Waals surface area contributed by atoms with Gasteiger partial charge in [0.1, 0.15) is 28.7 Å². The van der Waals surface area contributed by atoms with Gasteiger partial charge in [-0.3, -0.25) is 20.0 Å². The summed E-state index contributed by atoms with van der Waals surface area (Å²) in [5.74, 6) is 1.07.